The maximum atomic E-state index is 13.0. The van der Waals surface area contributed by atoms with Crippen LogP contribution in [-0.4, -0.2) is 5.11 Å². The van der Waals surface area contributed by atoms with E-state index in [0.29, 0.717) is 23.2 Å². The van der Waals surface area contributed by atoms with E-state index in [1.807, 2.05) is 6.92 Å². The van der Waals surface area contributed by atoms with Crippen LogP contribution in [0, 0.1) is 5.82 Å². The van der Waals surface area contributed by atoms with Crippen LogP contribution >= 0.6 is 0 Å². The Bertz CT molecular complexity index is 500. The van der Waals surface area contributed by atoms with E-state index in [1.165, 1.54) is 12.1 Å². The van der Waals surface area contributed by atoms with Crippen molar-refractivity contribution in [1.82, 2.24) is 0 Å². The molecule has 0 saturated heterocycles. The van der Waals surface area contributed by atoms with Gasteiger partial charge in [0.25, 0.3) is 0 Å². The van der Waals surface area contributed by atoms with Crippen molar-refractivity contribution in [2.75, 3.05) is 0 Å². The van der Waals surface area contributed by atoms with Gasteiger partial charge in [0.05, 0.1) is 0 Å². The van der Waals surface area contributed by atoms with Gasteiger partial charge in [-0.25, -0.2) is 4.39 Å². The van der Waals surface area contributed by atoms with Crippen molar-refractivity contribution < 1.29 is 13.9 Å². The molecule has 2 aromatic rings. The minimum atomic E-state index is -0.982. The highest BCUT2D eigenvalue weighted by Crippen LogP contribution is 2.31. The van der Waals surface area contributed by atoms with Crippen molar-refractivity contribution in [3.63, 3.8) is 0 Å². The fraction of sp³-hybridized carbons (Fsp3) is 0.385. The lowest BCUT2D eigenvalue weighted by Gasteiger charge is -2.19. The molecule has 0 spiro atoms. The van der Waals surface area contributed by atoms with E-state index in [2.05, 4.69) is 0 Å². The Morgan fingerprint density at radius 1 is 1.38 bits per heavy atom. The molecule has 86 valence electrons. The van der Waals surface area contributed by atoms with Crippen LogP contribution in [0.5, 0.6) is 0 Å². The number of fused-ring (bicyclic) bond motifs is 1. The molecular weight excluding hydrogens is 207 g/mol. The van der Waals surface area contributed by atoms with Crippen LogP contribution in [-0.2, 0) is 5.60 Å². The smallest absolute Gasteiger partial charge is 0.136 e. The molecule has 0 aliphatic rings. The minimum Gasteiger partial charge on any atom is -0.458 e. The lowest BCUT2D eigenvalue weighted by atomic mass is 9.97. The summed E-state index contributed by atoms with van der Waals surface area (Å²) in [5.74, 6) is 0.199. The molecule has 3 heteroatoms. The minimum absolute atomic E-state index is 0.296. The molecule has 2 nitrogen and oxygen atoms in total. The molecule has 0 radical (unpaired) electrons. The predicted octanol–water partition coefficient (Wildman–Crippen LogP) is 3.58. The number of aliphatic hydroxyl groups is 1. The maximum absolute atomic E-state index is 13.0. The van der Waals surface area contributed by atoms with E-state index >= 15 is 0 Å². The maximum Gasteiger partial charge on any atom is 0.136 e. The third-order valence-electron chi connectivity index (χ3n) is 2.75. The molecule has 1 aromatic heterocycles. The summed E-state index contributed by atoms with van der Waals surface area (Å²) in [6.45, 7) is 3.71. The molecule has 0 aliphatic heterocycles. The van der Waals surface area contributed by atoms with Gasteiger partial charge in [-0.3, -0.25) is 0 Å². The zero-order valence-corrected chi connectivity index (χ0v) is 9.46. The third-order valence-corrected chi connectivity index (χ3v) is 2.75. The second-order valence-electron chi connectivity index (χ2n) is 4.32. The summed E-state index contributed by atoms with van der Waals surface area (Å²) in [5, 5.41) is 10.9. The monoisotopic (exact) mass is 222 g/mol. The van der Waals surface area contributed by atoms with Crippen LogP contribution < -0.4 is 0 Å². The predicted molar refractivity (Wildman–Crippen MR) is 60.7 cm³/mol. The average Bonchev–Trinajstić information content (AvgIpc) is 2.61. The number of hydrogen-bond donors (Lipinski definition) is 1. The molecular formula is C13H15FO2. The van der Waals surface area contributed by atoms with Crippen LogP contribution in [0.4, 0.5) is 4.39 Å². The van der Waals surface area contributed by atoms with Gasteiger partial charge in [0.15, 0.2) is 0 Å². The molecule has 1 heterocycles. The zero-order valence-electron chi connectivity index (χ0n) is 9.46. The van der Waals surface area contributed by atoms with Crippen LogP contribution in [0.25, 0.3) is 11.0 Å². The quantitative estimate of drug-likeness (QED) is 0.861. The summed E-state index contributed by atoms with van der Waals surface area (Å²) in [5.41, 5.74) is -0.377. The lowest BCUT2D eigenvalue weighted by Crippen LogP contribution is -2.19. The lowest BCUT2D eigenvalue weighted by molar-refractivity contribution is 0.0261. The van der Waals surface area contributed by atoms with Crippen LogP contribution in [0.1, 0.15) is 32.4 Å². The molecule has 1 aromatic carbocycles. The molecule has 0 fully saturated rings. The first-order valence-electron chi connectivity index (χ1n) is 5.45. The first-order chi connectivity index (χ1) is 7.53. The van der Waals surface area contributed by atoms with Gasteiger partial charge in [-0.05, 0) is 37.6 Å². The highest BCUT2D eigenvalue weighted by atomic mass is 19.1. The highest BCUT2D eigenvalue weighted by Gasteiger charge is 2.26. The van der Waals surface area contributed by atoms with Gasteiger partial charge in [-0.2, -0.15) is 0 Å². The fourth-order valence-corrected chi connectivity index (χ4v) is 1.89. The van der Waals surface area contributed by atoms with Crippen molar-refractivity contribution in [1.29, 1.82) is 0 Å². The van der Waals surface area contributed by atoms with Crippen LogP contribution in [0.3, 0.4) is 0 Å². The van der Waals surface area contributed by atoms with Gasteiger partial charge in [-0.1, -0.05) is 13.3 Å². The normalized spacial score (nSPS) is 15.2. The summed E-state index contributed by atoms with van der Waals surface area (Å²) in [7, 11) is 0. The molecule has 0 aliphatic carbocycles. The summed E-state index contributed by atoms with van der Waals surface area (Å²) in [4.78, 5) is 0. The summed E-state index contributed by atoms with van der Waals surface area (Å²) in [6.07, 6.45) is 1.48. The van der Waals surface area contributed by atoms with Crippen molar-refractivity contribution >= 4 is 11.0 Å². The van der Waals surface area contributed by atoms with Crippen molar-refractivity contribution in [3.05, 3.63) is 35.8 Å². The zero-order chi connectivity index (χ0) is 11.8. The summed E-state index contributed by atoms with van der Waals surface area (Å²) >= 11 is 0. The molecule has 2 rings (SSSR count). The highest BCUT2D eigenvalue weighted by molar-refractivity contribution is 5.78. The topological polar surface area (TPSA) is 33.4 Å². The van der Waals surface area contributed by atoms with Crippen LogP contribution in [0.2, 0.25) is 0 Å². The first-order valence-corrected chi connectivity index (χ1v) is 5.45. The van der Waals surface area contributed by atoms with Crippen molar-refractivity contribution in [2.24, 2.45) is 0 Å². The average molecular weight is 222 g/mol. The van der Waals surface area contributed by atoms with Gasteiger partial charge in [0.2, 0.25) is 0 Å². The molecule has 0 saturated carbocycles. The number of rotatable bonds is 3. The summed E-state index contributed by atoms with van der Waals surface area (Å²) in [6, 6.07) is 6.04. The van der Waals surface area contributed by atoms with E-state index in [9.17, 15) is 9.50 Å². The second kappa shape index (κ2) is 3.91. The van der Waals surface area contributed by atoms with E-state index < -0.39 is 5.60 Å². The van der Waals surface area contributed by atoms with E-state index in [1.54, 1.807) is 19.1 Å². The largest absolute Gasteiger partial charge is 0.458 e. The number of halogens is 1. The Balaban J connectivity index is 2.46. The standard InChI is InChI=1S/C13H15FO2/c1-3-6-13(2,15)12-8-9-7-10(14)4-5-11(9)16-12/h4-5,7-8,15H,3,6H2,1-2H3. The molecule has 1 unspecified atom stereocenters. The van der Waals surface area contributed by atoms with E-state index in [-0.39, 0.29) is 5.82 Å². The molecule has 1 N–H and O–H groups in total. The number of benzene rings is 1. The van der Waals surface area contributed by atoms with Gasteiger partial charge in [0, 0.05) is 5.39 Å². The van der Waals surface area contributed by atoms with Crippen molar-refractivity contribution in [3.8, 4) is 0 Å². The number of hydrogen-bond acceptors (Lipinski definition) is 2. The Morgan fingerprint density at radius 3 is 2.81 bits per heavy atom. The van der Waals surface area contributed by atoms with Gasteiger partial charge >= 0.3 is 0 Å². The molecule has 1 atom stereocenters. The first kappa shape index (κ1) is 11.1. The number of furan rings is 1. The van der Waals surface area contributed by atoms with Gasteiger partial charge in [-0.15, -0.1) is 0 Å². The SMILES string of the molecule is CCCC(C)(O)c1cc2cc(F)ccc2o1. The van der Waals surface area contributed by atoms with Gasteiger partial charge in [0.1, 0.15) is 22.8 Å². The Kier molecular flexibility index (Phi) is 2.72. The summed E-state index contributed by atoms with van der Waals surface area (Å²) < 4.78 is 18.5. The van der Waals surface area contributed by atoms with Crippen LogP contribution in [0.15, 0.2) is 28.7 Å². The molecule has 0 amide bonds. The fourth-order valence-electron chi connectivity index (χ4n) is 1.89. The second-order valence-corrected chi connectivity index (χ2v) is 4.32. The Hall–Kier alpha value is -1.35. The van der Waals surface area contributed by atoms with E-state index in [4.69, 9.17) is 4.42 Å². The Morgan fingerprint density at radius 2 is 2.12 bits per heavy atom. The molecule has 16 heavy (non-hydrogen) atoms. The van der Waals surface area contributed by atoms with E-state index in [0.717, 1.165) is 6.42 Å². The molecule has 0 bridgehead atoms. The van der Waals surface area contributed by atoms with Gasteiger partial charge < -0.3 is 9.52 Å². The Labute approximate surface area is 93.7 Å². The van der Waals surface area contributed by atoms with Crippen molar-refractivity contribution in [2.45, 2.75) is 32.3 Å². The third kappa shape index (κ3) is 1.95.